The zero-order valence-corrected chi connectivity index (χ0v) is 10.7. The van der Waals surface area contributed by atoms with E-state index in [9.17, 15) is 4.79 Å². The summed E-state index contributed by atoms with van der Waals surface area (Å²) in [4.78, 5) is 16.6. The number of piperazine rings is 1. The third-order valence-electron chi connectivity index (χ3n) is 3.38. The van der Waals surface area contributed by atoms with E-state index in [-0.39, 0.29) is 5.91 Å². The number of nitrogens with zero attached hydrogens (tertiary/aromatic N) is 2. The molecule has 1 saturated heterocycles. The van der Waals surface area contributed by atoms with Gasteiger partial charge in [-0.15, -0.1) is 6.42 Å². The molecule has 1 aliphatic heterocycles. The number of carbonyl (C=O) groups is 1. The van der Waals surface area contributed by atoms with Crippen LogP contribution in [0.3, 0.4) is 0 Å². The molecule has 0 N–H and O–H groups in total. The highest BCUT2D eigenvalue weighted by molar-refractivity contribution is 5.94. The summed E-state index contributed by atoms with van der Waals surface area (Å²) in [6, 6.07) is 7.29. The van der Waals surface area contributed by atoms with Gasteiger partial charge in [0.25, 0.3) is 5.91 Å². The molecule has 0 aliphatic carbocycles. The lowest BCUT2D eigenvalue weighted by atomic mass is 10.1. The van der Waals surface area contributed by atoms with Crippen molar-refractivity contribution in [3.05, 3.63) is 35.4 Å². The molecular weight excluding hydrogens is 224 g/mol. The summed E-state index contributed by atoms with van der Waals surface area (Å²) in [5.74, 6) is 2.65. The van der Waals surface area contributed by atoms with E-state index in [0.29, 0.717) is 5.56 Å². The predicted octanol–water partition coefficient (Wildman–Crippen LogP) is 1.45. The molecule has 3 nitrogen and oxygen atoms in total. The molecule has 1 fully saturated rings. The maximum absolute atomic E-state index is 12.3. The van der Waals surface area contributed by atoms with E-state index in [2.05, 4.69) is 17.7 Å². The van der Waals surface area contributed by atoms with Gasteiger partial charge in [-0.3, -0.25) is 4.79 Å². The first-order valence-corrected chi connectivity index (χ1v) is 6.33. The van der Waals surface area contributed by atoms with Crippen LogP contribution in [0.1, 0.15) is 22.8 Å². The van der Waals surface area contributed by atoms with Gasteiger partial charge in [0.15, 0.2) is 0 Å². The predicted molar refractivity (Wildman–Crippen MR) is 72.4 cm³/mol. The molecule has 0 radical (unpaired) electrons. The van der Waals surface area contributed by atoms with Crippen LogP contribution in [-0.2, 0) is 0 Å². The highest BCUT2D eigenvalue weighted by Crippen LogP contribution is 2.10. The van der Waals surface area contributed by atoms with Crippen LogP contribution < -0.4 is 0 Å². The number of terminal acetylenes is 1. The van der Waals surface area contributed by atoms with Crippen molar-refractivity contribution in [1.29, 1.82) is 0 Å². The molecule has 1 aromatic rings. The number of hydrogen-bond acceptors (Lipinski definition) is 2. The summed E-state index contributed by atoms with van der Waals surface area (Å²) < 4.78 is 0. The fraction of sp³-hybridized carbons (Fsp3) is 0.400. The van der Waals surface area contributed by atoms with Crippen molar-refractivity contribution in [3.8, 4) is 12.3 Å². The van der Waals surface area contributed by atoms with Crippen molar-refractivity contribution in [3.63, 3.8) is 0 Å². The van der Waals surface area contributed by atoms with Gasteiger partial charge in [0.05, 0.1) is 0 Å². The summed E-state index contributed by atoms with van der Waals surface area (Å²) in [5.41, 5.74) is 1.45. The van der Waals surface area contributed by atoms with Crippen LogP contribution in [0.15, 0.2) is 24.3 Å². The molecule has 0 atom stereocenters. The first-order valence-electron chi connectivity index (χ1n) is 6.33. The van der Waals surface area contributed by atoms with Gasteiger partial charge in [0.1, 0.15) is 0 Å². The summed E-state index contributed by atoms with van der Waals surface area (Å²) in [6.07, 6.45) is 5.35. The van der Waals surface area contributed by atoms with Gasteiger partial charge in [0, 0.05) is 37.3 Å². The second-order valence-electron chi connectivity index (χ2n) is 4.45. The minimum atomic E-state index is 0.0860. The van der Waals surface area contributed by atoms with Crippen LogP contribution in [0.2, 0.25) is 0 Å². The second kappa shape index (κ2) is 5.70. The number of carbonyl (C=O) groups excluding carboxylic acids is 1. The Labute approximate surface area is 108 Å². The summed E-state index contributed by atoms with van der Waals surface area (Å²) in [6.45, 7) is 6.70. The topological polar surface area (TPSA) is 23.6 Å². The average molecular weight is 242 g/mol. The normalized spacial score (nSPS) is 16.3. The molecular formula is C15H18N2O. The highest BCUT2D eigenvalue weighted by Gasteiger charge is 2.21. The third-order valence-corrected chi connectivity index (χ3v) is 3.38. The molecule has 1 heterocycles. The van der Waals surface area contributed by atoms with Gasteiger partial charge in [-0.25, -0.2) is 0 Å². The minimum absolute atomic E-state index is 0.0860. The Hall–Kier alpha value is -1.79. The summed E-state index contributed by atoms with van der Waals surface area (Å²) in [5, 5.41) is 0. The fourth-order valence-corrected chi connectivity index (χ4v) is 2.19. The molecule has 1 aromatic carbocycles. The van der Waals surface area contributed by atoms with E-state index < -0.39 is 0 Å². The molecule has 1 aliphatic rings. The number of likely N-dealkylation sites (N-methyl/N-ethyl adjacent to an activating group) is 1. The molecule has 0 unspecified atom stereocenters. The first kappa shape index (κ1) is 12.7. The Bertz CT molecular complexity index is 468. The van der Waals surface area contributed by atoms with E-state index in [4.69, 9.17) is 6.42 Å². The Balaban J connectivity index is 2.06. The summed E-state index contributed by atoms with van der Waals surface area (Å²) in [7, 11) is 0. The average Bonchev–Trinajstić information content (AvgIpc) is 2.46. The standard InChI is InChI=1S/C15H18N2O/c1-3-13-6-5-7-14(12-13)15(18)17-10-8-16(4-2)9-11-17/h1,5-7,12H,4,8-11H2,2H3. The van der Waals surface area contributed by atoms with Crippen LogP contribution in [0.25, 0.3) is 0 Å². The van der Waals surface area contributed by atoms with Crippen molar-refractivity contribution in [2.45, 2.75) is 6.92 Å². The lowest BCUT2D eigenvalue weighted by Crippen LogP contribution is -2.48. The van der Waals surface area contributed by atoms with Crippen LogP contribution in [-0.4, -0.2) is 48.4 Å². The van der Waals surface area contributed by atoms with E-state index >= 15 is 0 Å². The van der Waals surface area contributed by atoms with Gasteiger partial charge in [-0.1, -0.05) is 18.9 Å². The Morgan fingerprint density at radius 2 is 2.06 bits per heavy atom. The van der Waals surface area contributed by atoms with Crippen molar-refractivity contribution in [1.82, 2.24) is 9.80 Å². The monoisotopic (exact) mass is 242 g/mol. The van der Waals surface area contributed by atoms with Crippen LogP contribution >= 0.6 is 0 Å². The summed E-state index contributed by atoms with van der Waals surface area (Å²) >= 11 is 0. The number of benzene rings is 1. The molecule has 0 spiro atoms. The molecule has 94 valence electrons. The molecule has 0 aromatic heterocycles. The highest BCUT2D eigenvalue weighted by atomic mass is 16.2. The van der Waals surface area contributed by atoms with E-state index in [1.165, 1.54) is 0 Å². The molecule has 18 heavy (non-hydrogen) atoms. The third kappa shape index (κ3) is 2.72. The maximum atomic E-state index is 12.3. The zero-order chi connectivity index (χ0) is 13.0. The van der Waals surface area contributed by atoms with Crippen LogP contribution in [0.5, 0.6) is 0 Å². The van der Waals surface area contributed by atoms with Crippen molar-refractivity contribution in [2.75, 3.05) is 32.7 Å². The quantitative estimate of drug-likeness (QED) is 0.733. The number of amides is 1. The fourth-order valence-electron chi connectivity index (χ4n) is 2.19. The molecule has 2 rings (SSSR count). The van der Waals surface area contributed by atoms with Crippen molar-refractivity contribution in [2.24, 2.45) is 0 Å². The van der Waals surface area contributed by atoms with Crippen molar-refractivity contribution < 1.29 is 4.79 Å². The van der Waals surface area contributed by atoms with E-state index in [1.54, 1.807) is 6.07 Å². The van der Waals surface area contributed by atoms with E-state index in [1.807, 2.05) is 23.1 Å². The molecule has 1 amide bonds. The Morgan fingerprint density at radius 3 is 2.67 bits per heavy atom. The van der Waals surface area contributed by atoms with Crippen LogP contribution in [0.4, 0.5) is 0 Å². The zero-order valence-electron chi connectivity index (χ0n) is 10.7. The van der Waals surface area contributed by atoms with Gasteiger partial charge in [0.2, 0.25) is 0 Å². The lowest BCUT2D eigenvalue weighted by molar-refractivity contribution is 0.0643. The smallest absolute Gasteiger partial charge is 0.253 e. The van der Waals surface area contributed by atoms with Gasteiger partial charge < -0.3 is 9.80 Å². The van der Waals surface area contributed by atoms with Crippen molar-refractivity contribution >= 4 is 5.91 Å². The number of rotatable bonds is 2. The Kier molecular flexibility index (Phi) is 4.01. The second-order valence-corrected chi connectivity index (χ2v) is 4.45. The van der Waals surface area contributed by atoms with E-state index in [0.717, 1.165) is 38.3 Å². The largest absolute Gasteiger partial charge is 0.336 e. The number of hydrogen-bond donors (Lipinski definition) is 0. The minimum Gasteiger partial charge on any atom is -0.336 e. The Morgan fingerprint density at radius 1 is 1.33 bits per heavy atom. The molecule has 0 bridgehead atoms. The molecule has 3 heteroatoms. The van der Waals surface area contributed by atoms with Gasteiger partial charge in [-0.2, -0.15) is 0 Å². The SMILES string of the molecule is C#Cc1cccc(C(=O)N2CCN(CC)CC2)c1. The van der Waals surface area contributed by atoms with Gasteiger partial charge in [-0.05, 0) is 24.7 Å². The lowest BCUT2D eigenvalue weighted by Gasteiger charge is -2.34. The van der Waals surface area contributed by atoms with Gasteiger partial charge >= 0.3 is 0 Å². The first-order chi connectivity index (χ1) is 8.74. The maximum Gasteiger partial charge on any atom is 0.253 e. The molecule has 0 saturated carbocycles. The van der Waals surface area contributed by atoms with Crippen LogP contribution in [0, 0.1) is 12.3 Å².